The molecule has 0 radical (unpaired) electrons. The Kier molecular flexibility index (Phi) is 4.65. The van der Waals surface area contributed by atoms with Crippen molar-refractivity contribution < 1.29 is 0 Å². The van der Waals surface area contributed by atoms with Gasteiger partial charge in [-0.15, -0.1) is 0 Å². The van der Waals surface area contributed by atoms with Gasteiger partial charge in [0.1, 0.15) is 12.1 Å². The maximum atomic E-state index is 4.75. The van der Waals surface area contributed by atoms with Crippen LogP contribution in [-0.4, -0.2) is 50.7 Å². The van der Waals surface area contributed by atoms with Crippen molar-refractivity contribution in [2.45, 2.75) is 25.3 Å². The number of hydrogen-bond donors (Lipinski definition) is 0. The highest BCUT2D eigenvalue weighted by Crippen LogP contribution is 2.33. The van der Waals surface area contributed by atoms with Crippen LogP contribution in [0, 0.1) is 0 Å². The van der Waals surface area contributed by atoms with Crippen molar-refractivity contribution in [3.8, 4) is 0 Å². The van der Waals surface area contributed by atoms with Crippen LogP contribution >= 0.6 is 0 Å². The molecular formula is C25H26N6. The summed E-state index contributed by atoms with van der Waals surface area (Å²) in [5, 5.41) is 4.51. The fourth-order valence-corrected chi connectivity index (χ4v) is 5.20. The Morgan fingerprint density at radius 2 is 1.45 bits per heavy atom. The van der Waals surface area contributed by atoms with Crippen molar-refractivity contribution in [1.29, 1.82) is 0 Å². The molecule has 156 valence electrons. The standard InChI is InChI=1S/C25H26N6/c1-3-8-19(9-4-1)23(20-10-5-2-6-11-20)29-14-16-30(17-15-29)24-21-12-7-13-22(21)28-25-26-18-27-31(24)25/h1-6,8-11,18,23H,7,12-17H2. The Morgan fingerprint density at radius 3 is 2.13 bits per heavy atom. The number of fused-ring (bicyclic) bond motifs is 2. The molecule has 0 N–H and O–H groups in total. The Bertz CT molecular complexity index is 1140. The zero-order valence-electron chi connectivity index (χ0n) is 17.6. The Labute approximate surface area is 182 Å². The van der Waals surface area contributed by atoms with E-state index in [1.807, 2.05) is 4.52 Å². The second-order valence-corrected chi connectivity index (χ2v) is 8.43. The third-order valence-electron chi connectivity index (χ3n) is 6.63. The van der Waals surface area contributed by atoms with E-state index in [0.717, 1.165) is 44.8 Å². The first-order valence-corrected chi connectivity index (χ1v) is 11.2. The molecule has 1 aliphatic heterocycles. The number of piperazine rings is 1. The molecule has 1 aliphatic carbocycles. The van der Waals surface area contributed by atoms with Crippen LogP contribution in [0.2, 0.25) is 0 Å². The molecule has 2 aromatic heterocycles. The maximum absolute atomic E-state index is 4.75. The first-order valence-electron chi connectivity index (χ1n) is 11.2. The van der Waals surface area contributed by atoms with E-state index in [-0.39, 0.29) is 6.04 Å². The van der Waals surface area contributed by atoms with E-state index >= 15 is 0 Å². The second kappa shape index (κ2) is 7.78. The van der Waals surface area contributed by atoms with E-state index in [9.17, 15) is 0 Å². The number of aromatic nitrogens is 4. The zero-order chi connectivity index (χ0) is 20.6. The van der Waals surface area contributed by atoms with Gasteiger partial charge in [0.15, 0.2) is 0 Å². The highest BCUT2D eigenvalue weighted by molar-refractivity contribution is 5.56. The molecule has 0 bridgehead atoms. The average Bonchev–Trinajstić information content (AvgIpc) is 3.49. The molecule has 6 nitrogen and oxygen atoms in total. The third-order valence-corrected chi connectivity index (χ3v) is 6.63. The molecule has 0 spiro atoms. The molecular weight excluding hydrogens is 384 g/mol. The molecule has 0 atom stereocenters. The quantitative estimate of drug-likeness (QED) is 0.515. The van der Waals surface area contributed by atoms with E-state index in [1.54, 1.807) is 6.33 Å². The minimum absolute atomic E-state index is 0.277. The van der Waals surface area contributed by atoms with Crippen molar-refractivity contribution in [3.05, 3.63) is 89.4 Å². The molecule has 0 unspecified atom stereocenters. The third kappa shape index (κ3) is 3.27. The van der Waals surface area contributed by atoms with Crippen molar-refractivity contribution in [2.75, 3.05) is 31.1 Å². The monoisotopic (exact) mass is 410 g/mol. The van der Waals surface area contributed by atoms with Gasteiger partial charge in [-0.3, -0.25) is 4.90 Å². The summed E-state index contributed by atoms with van der Waals surface area (Å²) >= 11 is 0. The predicted octanol–water partition coefficient (Wildman–Crippen LogP) is 3.52. The molecule has 3 heterocycles. The number of benzene rings is 2. The number of anilines is 1. The highest BCUT2D eigenvalue weighted by atomic mass is 15.4. The summed E-state index contributed by atoms with van der Waals surface area (Å²) in [4.78, 5) is 14.2. The van der Waals surface area contributed by atoms with Crippen LogP contribution < -0.4 is 4.90 Å². The molecule has 0 amide bonds. The summed E-state index contributed by atoms with van der Waals surface area (Å²) in [7, 11) is 0. The van der Waals surface area contributed by atoms with E-state index in [2.05, 4.69) is 80.5 Å². The van der Waals surface area contributed by atoms with E-state index < -0.39 is 0 Å². The Hall–Kier alpha value is -3.25. The first-order chi connectivity index (χ1) is 15.4. The summed E-state index contributed by atoms with van der Waals surface area (Å²) in [6.45, 7) is 3.95. The molecule has 6 heteroatoms. The zero-order valence-corrected chi connectivity index (χ0v) is 17.6. The van der Waals surface area contributed by atoms with E-state index in [4.69, 9.17) is 4.98 Å². The molecule has 0 saturated carbocycles. The summed E-state index contributed by atoms with van der Waals surface area (Å²) in [5.74, 6) is 1.94. The molecule has 6 rings (SSSR count). The summed E-state index contributed by atoms with van der Waals surface area (Å²) < 4.78 is 1.95. The van der Waals surface area contributed by atoms with Crippen LogP contribution in [0.3, 0.4) is 0 Å². The fourth-order valence-electron chi connectivity index (χ4n) is 5.20. The van der Waals surface area contributed by atoms with Gasteiger partial charge in [-0.05, 0) is 30.4 Å². The topological polar surface area (TPSA) is 49.6 Å². The van der Waals surface area contributed by atoms with Gasteiger partial charge in [0.25, 0.3) is 5.78 Å². The molecule has 31 heavy (non-hydrogen) atoms. The van der Waals surface area contributed by atoms with E-state index in [1.165, 1.54) is 34.6 Å². The lowest BCUT2D eigenvalue weighted by Gasteiger charge is -2.41. The normalized spacial score (nSPS) is 16.9. The van der Waals surface area contributed by atoms with Crippen LogP contribution in [-0.2, 0) is 12.8 Å². The fraction of sp³-hybridized carbons (Fsp3) is 0.320. The Morgan fingerprint density at radius 1 is 0.774 bits per heavy atom. The highest BCUT2D eigenvalue weighted by Gasteiger charge is 2.30. The molecule has 2 aromatic carbocycles. The van der Waals surface area contributed by atoms with Gasteiger partial charge in [0.2, 0.25) is 0 Å². The van der Waals surface area contributed by atoms with Gasteiger partial charge in [-0.1, -0.05) is 60.7 Å². The van der Waals surface area contributed by atoms with Crippen LogP contribution in [0.1, 0.15) is 34.8 Å². The first kappa shape index (κ1) is 18.5. The number of hydrogen-bond acceptors (Lipinski definition) is 5. The maximum Gasteiger partial charge on any atom is 0.254 e. The van der Waals surface area contributed by atoms with Crippen LogP contribution in [0.25, 0.3) is 5.78 Å². The van der Waals surface area contributed by atoms with Gasteiger partial charge in [-0.25, -0.2) is 4.98 Å². The summed E-state index contributed by atoms with van der Waals surface area (Å²) in [6.07, 6.45) is 4.94. The smallest absolute Gasteiger partial charge is 0.254 e. The Balaban J connectivity index is 1.31. The van der Waals surface area contributed by atoms with Gasteiger partial charge >= 0.3 is 0 Å². The summed E-state index contributed by atoms with van der Waals surface area (Å²) in [6, 6.07) is 22.0. The van der Waals surface area contributed by atoms with Crippen molar-refractivity contribution in [1.82, 2.24) is 24.5 Å². The summed E-state index contributed by atoms with van der Waals surface area (Å²) in [5.41, 5.74) is 5.29. The lowest BCUT2D eigenvalue weighted by atomic mass is 9.96. The van der Waals surface area contributed by atoms with Gasteiger partial charge in [-0.2, -0.15) is 14.6 Å². The second-order valence-electron chi connectivity index (χ2n) is 8.43. The van der Waals surface area contributed by atoms with Crippen LogP contribution in [0.4, 0.5) is 5.82 Å². The number of aryl methyl sites for hydroxylation is 1. The lowest BCUT2D eigenvalue weighted by Crippen LogP contribution is -2.48. The van der Waals surface area contributed by atoms with Crippen molar-refractivity contribution in [3.63, 3.8) is 0 Å². The van der Waals surface area contributed by atoms with Gasteiger partial charge in [0, 0.05) is 31.7 Å². The molecule has 2 aliphatic rings. The van der Waals surface area contributed by atoms with Crippen LogP contribution in [0.15, 0.2) is 67.0 Å². The van der Waals surface area contributed by atoms with Crippen molar-refractivity contribution in [2.24, 2.45) is 0 Å². The average molecular weight is 411 g/mol. The molecule has 4 aromatic rings. The van der Waals surface area contributed by atoms with Crippen molar-refractivity contribution >= 4 is 11.6 Å². The minimum Gasteiger partial charge on any atom is -0.354 e. The predicted molar refractivity (Wildman–Crippen MR) is 121 cm³/mol. The van der Waals surface area contributed by atoms with E-state index in [0.29, 0.717) is 0 Å². The van der Waals surface area contributed by atoms with Gasteiger partial charge in [0.05, 0.1) is 11.7 Å². The van der Waals surface area contributed by atoms with Crippen LogP contribution in [0.5, 0.6) is 0 Å². The lowest BCUT2D eigenvalue weighted by molar-refractivity contribution is 0.211. The van der Waals surface area contributed by atoms with Gasteiger partial charge < -0.3 is 4.90 Å². The molecule has 1 saturated heterocycles. The number of nitrogens with zero attached hydrogens (tertiary/aromatic N) is 6. The largest absolute Gasteiger partial charge is 0.354 e. The molecule has 1 fully saturated rings. The SMILES string of the molecule is c1ccc(C(c2ccccc2)N2CCN(c3c4c(nc5ncnn35)CCC4)CC2)cc1. The minimum atomic E-state index is 0.277. The number of rotatable bonds is 4.